The van der Waals surface area contributed by atoms with Crippen molar-refractivity contribution in [3.8, 4) is 11.8 Å². The molecule has 2 aromatic rings. The fourth-order valence-corrected chi connectivity index (χ4v) is 4.49. The summed E-state index contributed by atoms with van der Waals surface area (Å²) in [4.78, 5) is 14.3. The summed E-state index contributed by atoms with van der Waals surface area (Å²) in [5.41, 5.74) is 1.60. The summed E-state index contributed by atoms with van der Waals surface area (Å²) < 4.78 is 29.8. The zero-order chi connectivity index (χ0) is 18.2. The maximum Gasteiger partial charge on any atom is 0.259 e. The first-order valence-electron chi connectivity index (χ1n) is 7.67. The number of carbonyl (C=O) groups is 1. The number of hydrogen-bond acceptors (Lipinski definition) is 5. The van der Waals surface area contributed by atoms with E-state index in [1.54, 1.807) is 24.3 Å². The molecule has 3 rings (SSSR count). The van der Waals surface area contributed by atoms with Gasteiger partial charge in [0.15, 0.2) is 9.84 Å². The summed E-state index contributed by atoms with van der Waals surface area (Å²) in [7, 11) is -2.06. The van der Waals surface area contributed by atoms with E-state index in [0.717, 1.165) is 5.56 Å². The number of nitrogens with zero attached hydrogens (tertiary/aromatic N) is 2. The maximum atomic E-state index is 12.9. The minimum Gasteiger partial charge on any atom is -0.495 e. The Bertz CT molecular complexity index is 1010. The molecule has 25 heavy (non-hydrogen) atoms. The van der Waals surface area contributed by atoms with Crippen LogP contribution in [0.25, 0.3) is 0 Å². The van der Waals surface area contributed by atoms with Crippen molar-refractivity contribution in [3.05, 3.63) is 53.1 Å². The summed E-state index contributed by atoms with van der Waals surface area (Å²) in [6.07, 6.45) is 0.577. The lowest BCUT2D eigenvalue weighted by atomic mass is 10.0. The average Bonchev–Trinajstić information content (AvgIpc) is 2.91. The third-order valence-corrected chi connectivity index (χ3v) is 5.77. The fraction of sp³-hybridized carbons (Fsp3) is 0.222. The molecule has 0 saturated heterocycles. The van der Waals surface area contributed by atoms with E-state index in [1.165, 1.54) is 24.1 Å². The number of rotatable bonds is 3. The SMILES string of the molecule is CCc1cc(C(=O)N2CS(=O)(=O)c3ccccc32)cc(C#N)c1OC. The Morgan fingerprint density at radius 3 is 2.68 bits per heavy atom. The topological polar surface area (TPSA) is 87.5 Å². The van der Waals surface area contributed by atoms with Gasteiger partial charge in [-0.15, -0.1) is 0 Å². The Hall–Kier alpha value is -2.85. The van der Waals surface area contributed by atoms with Gasteiger partial charge in [-0.05, 0) is 36.2 Å². The first kappa shape index (κ1) is 17.0. The third-order valence-electron chi connectivity index (χ3n) is 4.15. The first-order valence-corrected chi connectivity index (χ1v) is 9.32. The van der Waals surface area contributed by atoms with E-state index in [4.69, 9.17) is 4.74 Å². The quantitative estimate of drug-likeness (QED) is 0.843. The molecule has 2 aromatic carbocycles. The van der Waals surface area contributed by atoms with Crippen LogP contribution >= 0.6 is 0 Å². The lowest BCUT2D eigenvalue weighted by Gasteiger charge is -2.17. The molecule has 1 aliphatic rings. The Labute approximate surface area is 146 Å². The summed E-state index contributed by atoms with van der Waals surface area (Å²) in [5.74, 6) is -0.418. The van der Waals surface area contributed by atoms with Gasteiger partial charge >= 0.3 is 0 Å². The van der Waals surface area contributed by atoms with Crippen LogP contribution in [-0.4, -0.2) is 27.3 Å². The number of para-hydroxylation sites is 1. The molecule has 1 aliphatic heterocycles. The van der Waals surface area contributed by atoms with E-state index < -0.39 is 21.6 Å². The zero-order valence-electron chi connectivity index (χ0n) is 13.8. The van der Waals surface area contributed by atoms with E-state index >= 15 is 0 Å². The molecule has 128 valence electrons. The van der Waals surface area contributed by atoms with Crippen molar-refractivity contribution in [2.24, 2.45) is 0 Å². The lowest BCUT2D eigenvalue weighted by molar-refractivity contribution is 0.0991. The van der Waals surface area contributed by atoms with E-state index in [2.05, 4.69) is 0 Å². The van der Waals surface area contributed by atoms with Crippen molar-refractivity contribution >= 4 is 21.4 Å². The summed E-state index contributed by atoms with van der Waals surface area (Å²) >= 11 is 0. The van der Waals surface area contributed by atoms with Crippen LogP contribution in [0.4, 0.5) is 5.69 Å². The Kier molecular flexibility index (Phi) is 4.23. The second-order valence-corrected chi connectivity index (χ2v) is 7.55. The highest BCUT2D eigenvalue weighted by Gasteiger charge is 2.36. The predicted octanol–water partition coefficient (Wildman–Crippen LogP) is 2.52. The standard InChI is InChI=1S/C18H16N2O4S/c1-3-12-8-13(9-14(10-19)17(12)24-2)18(21)20-11-25(22,23)16-7-5-4-6-15(16)20/h4-9H,3,11H2,1-2H3. The summed E-state index contributed by atoms with van der Waals surface area (Å²) in [6, 6.07) is 11.5. The number of amides is 1. The van der Waals surface area contributed by atoms with Gasteiger partial charge in [0.2, 0.25) is 0 Å². The van der Waals surface area contributed by atoms with Crippen LogP contribution in [0.15, 0.2) is 41.3 Å². The smallest absolute Gasteiger partial charge is 0.259 e. The molecule has 0 aliphatic carbocycles. The van der Waals surface area contributed by atoms with Gasteiger partial charge in [0.25, 0.3) is 5.91 Å². The van der Waals surface area contributed by atoms with Gasteiger partial charge in [-0.25, -0.2) is 8.42 Å². The molecule has 0 N–H and O–H groups in total. The number of fused-ring (bicyclic) bond motifs is 1. The monoisotopic (exact) mass is 356 g/mol. The Morgan fingerprint density at radius 2 is 2.04 bits per heavy atom. The molecule has 0 saturated carbocycles. The van der Waals surface area contributed by atoms with E-state index in [0.29, 0.717) is 17.9 Å². The minimum absolute atomic E-state index is 0.146. The molecular weight excluding hydrogens is 340 g/mol. The number of ether oxygens (including phenoxy) is 1. The van der Waals surface area contributed by atoms with Crippen molar-refractivity contribution in [1.82, 2.24) is 0 Å². The Balaban J connectivity index is 2.10. The zero-order valence-corrected chi connectivity index (χ0v) is 14.6. The maximum absolute atomic E-state index is 12.9. The van der Waals surface area contributed by atoms with Crippen LogP contribution in [-0.2, 0) is 16.3 Å². The first-order chi connectivity index (χ1) is 11.9. The number of aryl methyl sites for hydroxylation is 1. The molecule has 0 bridgehead atoms. The lowest BCUT2D eigenvalue weighted by Crippen LogP contribution is -2.30. The van der Waals surface area contributed by atoms with Crippen molar-refractivity contribution in [1.29, 1.82) is 5.26 Å². The molecule has 7 heteroatoms. The number of anilines is 1. The van der Waals surface area contributed by atoms with Gasteiger partial charge in [-0.3, -0.25) is 9.69 Å². The molecule has 0 unspecified atom stereocenters. The van der Waals surface area contributed by atoms with Crippen LogP contribution in [0.3, 0.4) is 0 Å². The number of sulfone groups is 1. The van der Waals surface area contributed by atoms with E-state index in [1.807, 2.05) is 13.0 Å². The van der Waals surface area contributed by atoms with Gasteiger partial charge in [0.1, 0.15) is 17.7 Å². The van der Waals surface area contributed by atoms with Crippen molar-refractivity contribution in [3.63, 3.8) is 0 Å². The fourth-order valence-electron chi connectivity index (χ4n) is 2.98. The average molecular weight is 356 g/mol. The molecule has 0 fully saturated rings. The van der Waals surface area contributed by atoms with Gasteiger partial charge in [0, 0.05) is 5.56 Å². The van der Waals surface area contributed by atoms with E-state index in [9.17, 15) is 18.5 Å². The molecule has 0 spiro atoms. The normalized spacial score (nSPS) is 14.7. The third kappa shape index (κ3) is 2.75. The number of nitriles is 1. The van der Waals surface area contributed by atoms with Crippen molar-refractivity contribution < 1.29 is 17.9 Å². The van der Waals surface area contributed by atoms with Crippen LogP contribution in [0, 0.1) is 11.3 Å². The molecule has 6 nitrogen and oxygen atoms in total. The van der Waals surface area contributed by atoms with Gasteiger partial charge in [0.05, 0.1) is 23.3 Å². The number of benzene rings is 2. The van der Waals surface area contributed by atoms with Gasteiger partial charge in [-0.2, -0.15) is 5.26 Å². The molecule has 1 heterocycles. The van der Waals surface area contributed by atoms with Crippen LogP contribution in [0.1, 0.15) is 28.4 Å². The van der Waals surface area contributed by atoms with Crippen molar-refractivity contribution in [2.75, 3.05) is 17.9 Å². The highest BCUT2D eigenvalue weighted by atomic mass is 32.2. The highest BCUT2D eigenvalue weighted by Crippen LogP contribution is 2.35. The second-order valence-electron chi connectivity index (χ2n) is 5.63. The molecule has 0 radical (unpaired) electrons. The molecule has 0 aromatic heterocycles. The summed E-state index contributed by atoms with van der Waals surface area (Å²) in [5, 5.41) is 9.33. The predicted molar refractivity (Wildman–Crippen MR) is 92.4 cm³/mol. The highest BCUT2D eigenvalue weighted by molar-refractivity contribution is 7.92. The Morgan fingerprint density at radius 1 is 1.32 bits per heavy atom. The minimum atomic E-state index is -3.54. The second kappa shape index (κ2) is 6.22. The molecule has 0 atom stereocenters. The number of carbonyl (C=O) groups excluding carboxylic acids is 1. The van der Waals surface area contributed by atoms with Crippen molar-refractivity contribution in [2.45, 2.75) is 18.2 Å². The van der Waals surface area contributed by atoms with Crippen LogP contribution in [0.2, 0.25) is 0 Å². The van der Waals surface area contributed by atoms with Gasteiger partial charge < -0.3 is 4.74 Å². The van der Waals surface area contributed by atoms with Crippen LogP contribution < -0.4 is 9.64 Å². The molecular formula is C18H16N2O4S. The summed E-state index contributed by atoms with van der Waals surface area (Å²) in [6.45, 7) is 1.89. The number of methoxy groups -OCH3 is 1. The largest absolute Gasteiger partial charge is 0.495 e. The van der Waals surface area contributed by atoms with E-state index in [-0.39, 0.29) is 16.0 Å². The number of hydrogen-bond donors (Lipinski definition) is 0. The van der Waals surface area contributed by atoms with Crippen LogP contribution in [0.5, 0.6) is 5.75 Å². The molecule has 1 amide bonds. The van der Waals surface area contributed by atoms with Gasteiger partial charge in [-0.1, -0.05) is 19.1 Å².